The fourth-order valence-electron chi connectivity index (χ4n) is 1.95. The fourth-order valence-corrected chi connectivity index (χ4v) is 2.73. The molecule has 2 heterocycles. The van der Waals surface area contributed by atoms with Crippen LogP contribution in [0, 0.1) is 0 Å². The molecule has 128 valence electrons. The summed E-state index contributed by atoms with van der Waals surface area (Å²) in [7, 11) is 0. The van der Waals surface area contributed by atoms with Gasteiger partial charge in [0.1, 0.15) is 10.0 Å². The number of hydrogen-bond acceptors (Lipinski definition) is 8. The minimum atomic E-state index is -0.637. The number of rotatable bonds is 6. The third kappa shape index (κ3) is 4.07. The monoisotopic (exact) mass is 358 g/mol. The number of nitrogens with zero attached hydrogens (tertiary/aromatic N) is 3. The first-order valence-electron chi connectivity index (χ1n) is 7.47. The zero-order chi connectivity index (χ0) is 17.6. The average Bonchev–Trinajstić information content (AvgIpc) is 3.30. The Kier molecular flexibility index (Phi) is 5.14. The molecule has 0 saturated carbocycles. The molecule has 0 spiro atoms. The maximum atomic E-state index is 12.0. The Morgan fingerprint density at radius 3 is 2.80 bits per heavy atom. The van der Waals surface area contributed by atoms with Crippen LogP contribution in [0.15, 0.2) is 40.9 Å². The molecule has 1 aromatic carbocycles. The number of nitrogens with one attached hydrogen (secondary N) is 1. The number of aromatic nitrogens is 3. The Labute approximate surface area is 146 Å². The minimum absolute atomic E-state index is 0.0470. The first-order valence-corrected chi connectivity index (χ1v) is 8.29. The lowest BCUT2D eigenvalue weighted by Gasteiger charge is -1.98. The first kappa shape index (κ1) is 16.8. The Hall–Kier alpha value is -3.07. The van der Waals surface area contributed by atoms with Crippen molar-refractivity contribution in [2.45, 2.75) is 13.5 Å². The van der Waals surface area contributed by atoms with Gasteiger partial charge in [-0.15, -0.1) is 10.2 Å². The zero-order valence-electron chi connectivity index (χ0n) is 13.3. The molecule has 0 aliphatic heterocycles. The second-order valence-corrected chi connectivity index (χ2v) is 5.91. The number of ether oxygens (including phenoxy) is 1. The van der Waals surface area contributed by atoms with Crippen molar-refractivity contribution in [3.05, 3.63) is 52.9 Å². The summed E-state index contributed by atoms with van der Waals surface area (Å²) >= 11 is 1.38. The van der Waals surface area contributed by atoms with E-state index < -0.39 is 11.9 Å². The molecular formula is C16H14N4O4S. The van der Waals surface area contributed by atoms with E-state index in [2.05, 4.69) is 20.7 Å². The molecule has 0 saturated heterocycles. The van der Waals surface area contributed by atoms with Gasteiger partial charge in [0.2, 0.25) is 5.76 Å². The van der Waals surface area contributed by atoms with Gasteiger partial charge in [0, 0.05) is 11.6 Å². The Morgan fingerprint density at radius 1 is 1.24 bits per heavy atom. The normalized spacial score (nSPS) is 10.4. The van der Waals surface area contributed by atoms with Crippen molar-refractivity contribution >= 4 is 23.2 Å². The van der Waals surface area contributed by atoms with E-state index >= 15 is 0 Å². The molecule has 0 radical (unpaired) electrons. The van der Waals surface area contributed by atoms with Gasteiger partial charge >= 0.3 is 5.97 Å². The van der Waals surface area contributed by atoms with E-state index in [9.17, 15) is 9.59 Å². The van der Waals surface area contributed by atoms with Gasteiger partial charge in [-0.05, 0) is 6.92 Å². The highest BCUT2D eigenvalue weighted by atomic mass is 32.1. The topological polar surface area (TPSA) is 107 Å². The summed E-state index contributed by atoms with van der Waals surface area (Å²) in [5.74, 6) is -1.21. The number of hydrogen-bond donors (Lipinski definition) is 1. The largest absolute Gasteiger partial charge is 0.461 e. The van der Waals surface area contributed by atoms with Crippen molar-refractivity contribution in [1.82, 2.24) is 20.7 Å². The van der Waals surface area contributed by atoms with E-state index in [0.29, 0.717) is 5.01 Å². The fraction of sp³-hybridized carbons (Fsp3) is 0.188. The number of amides is 1. The quantitative estimate of drug-likeness (QED) is 0.674. The van der Waals surface area contributed by atoms with Crippen molar-refractivity contribution in [2.75, 3.05) is 6.61 Å². The molecule has 1 N–H and O–H groups in total. The van der Waals surface area contributed by atoms with Crippen molar-refractivity contribution in [1.29, 1.82) is 0 Å². The minimum Gasteiger partial charge on any atom is -0.461 e. The van der Waals surface area contributed by atoms with Crippen LogP contribution >= 0.6 is 11.3 Å². The second kappa shape index (κ2) is 7.67. The van der Waals surface area contributed by atoms with Crippen LogP contribution in [0.25, 0.3) is 10.6 Å². The summed E-state index contributed by atoms with van der Waals surface area (Å²) in [6, 6.07) is 10.9. The maximum Gasteiger partial charge on any atom is 0.360 e. The van der Waals surface area contributed by atoms with Crippen molar-refractivity contribution < 1.29 is 18.8 Å². The van der Waals surface area contributed by atoms with Crippen LogP contribution < -0.4 is 5.32 Å². The molecule has 3 aromatic rings. The maximum absolute atomic E-state index is 12.0. The third-order valence-electron chi connectivity index (χ3n) is 3.11. The lowest BCUT2D eigenvalue weighted by Crippen LogP contribution is -2.22. The van der Waals surface area contributed by atoms with Crippen LogP contribution in [0.3, 0.4) is 0 Å². The summed E-state index contributed by atoms with van der Waals surface area (Å²) in [5, 5.41) is 15.7. The number of esters is 1. The summed E-state index contributed by atoms with van der Waals surface area (Å²) in [4.78, 5) is 23.6. The van der Waals surface area contributed by atoms with Crippen LogP contribution in [-0.4, -0.2) is 33.8 Å². The molecule has 2 aromatic heterocycles. The summed E-state index contributed by atoms with van der Waals surface area (Å²) in [6.07, 6.45) is 0. The number of benzene rings is 1. The highest BCUT2D eigenvalue weighted by molar-refractivity contribution is 7.14. The molecule has 9 heteroatoms. The molecule has 0 fully saturated rings. The highest BCUT2D eigenvalue weighted by Crippen LogP contribution is 2.22. The predicted octanol–water partition coefficient (Wildman–Crippen LogP) is 2.30. The Bertz CT molecular complexity index is 875. The number of carbonyl (C=O) groups is 2. The summed E-state index contributed by atoms with van der Waals surface area (Å²) in [5.41, 5.74) is 0.918. The van der Waals surface area contributed by atoms with Crippen molar-refractivity contribution in [2.24, 2.45) is 0 Å². The molecule has 0 unspecified atom stereocenters. The van der Waals surface area contributed by atoms with Crippen LogP contribution in [0.2, 0.25) is 0 Å². The molecular weight excluding hydrogens is 344 g/mol. The molecule has 8 nitrogen and oxygen atoms in total. The van der Waals surface area contributed by atoms with Gasteiger partial charge in [0.15, 0.2) is 5.69 Å². The van der Waals surface area contributed by atoms with Crippen LogP contribution in [-0.2, 0) is 11.3 Å². The standard InChI is InChI=1S/C16H14N4O4S/c1-2-23-16(22)11-8-12(24-20-11)14(21)17-9-13-18-19-15(25-13)10-6-4-3-5-7-10/h3-8H,2,9H2,1H3,(H,17,21). The molecule has 0 bridgehead atoms. The van der Waals surface area contributed by atoms with Crippen LogP contribution in [0.1, 0.15) is 33.0 Å². The molecule has 3 rings (SSSR count). The predicted molar refractivity (Wildman–Crippen MR) is 89.0 cm³/mol. The average molecular weight is 358 g/mol. The Morgan fingerprint density at radius 2 is 2.04 bits per heavy atom. The molecule has 0 aliphatic rings. The first-order chi connectivity index (χ1) is 12.2. The van der Waals surface area contributed by atoms with E-state index in [4.69, 9.17) is 9.26 Å². The van der Waals surface area contributed by atoms with Gasteiger partial charge in [-0.1, -0.05) is 46.8 Å². The van der Waals surface area contributed by atoms with Gasteiger partial charge in [-0.2, -0.15) is 0 Å². The third-order valence-corrected chi connectivity index (χ3v) is 4.08. The van der Waals surface area contributed by atoms with E-state index in [0.717, 1.165) is 10.6 Å². The van der Waals surface area contributed by atoms with E-state index in [1.54, 1.807) is 6.92 Å². The van der Waals surface area contributed by atoms with Crippen molar-refractivity contribution in [3.63, 3.8) is 0 Å². The zero-order valence-corrected chi connectivity index (χ0v) is 14.1. The lowest BCUT2D eigenvalue weighted by molar-refractivity contribution is 0.0514. The van der Waals surface area contributed by atoms with Gasteiger partial charge in [-0.25, -0.2) is 4.79 Å². The molecule has 0 aliphatic carbocycles. The summed E-state index contributed by atoms with van der Waals surface area (Å²) in [6.45, 7) is 2.09. The lowest BCUT2D eigenvalue weighted by atomic mass is 10.2. The van der Waals surface area contributed by atoms with Gasteiger partial charge in [0.05, 0.1) is 13.2 Å². The van der Waals surface area contributed by atoms with Gasteiger partial charge in [0.25, 0.3) is 5.91 Å². The molecule has 1 amide bonds. The van der Waals surface area contributed by atoms with Crippen LogP contribution in [0.4, 0.5) is 0 Å². The number of carbonyl (C=O) groups excluding carboxylic acids is 2. The second-order valence-electron chi connectivity index (χ2n) is 4.85. The van der Waals surface area contributed by atoms with E-state index in [1.807, 2.05) is 30.3 Å². The van der Waals surface area contributed by atoms with Crippen molar-refractivity contribution in [3.8, 4) is 10.6 Å². The molecule has 25 heavy (non-hydrogen) atoms. The Balaban J connectivity index is 1.59. The van der Waals surface area contributed by atoms with E-state index in [1.165, 1.54) is 17.4 Å². The smallest absolute Gasteiger partial charge is 0.360 e. The summed E-state index contributed by atoms with van der Waals surface area (Å²) < 4.78 is 9.65. The molecule has 0 atom stereocenters. The highest BCUT2D eigenvalue weighted by Gasteiger charge is 2.18. The van der Waals surface area contributed by atoms with Gasteiger partial charge < -0.3 is 14.6 Å². The van der Waals surface area contributed by atoms with E-state index in [-0.39, 0.29) is 24.6 Å². The van der Waals surface area contributed by atoms with Gasteiger partial charge in [-0.3, -0.25) is 4.79 Å². The SMILES string of the molecule is CCOC(=O)c1cc(C(=O)NCc2nnc(-c3ccccc3)s2)on1. The van der Waals surface area contributed by atoms with Crippen LogP contribution in [0.5, 0.6) is 0 Å².